The second-order valence-electron chi connectivity index (χ2n) is 4.72. The number of oxazole rings is 1. The van der Waals surface area contributed by atoms with E-state index in [4.69, 9.17) is 13.6 Å². The molecule has 0 atom stereocenters. The number of rotatable bonds is 5. The van der Waals surface area contributed by atoms with Crippen LogP contribution in [0.5, 0.6) is 0 Å². The number of aryl methyl sites for hydroxylation is 1. The molecule has 108 valence electrons. The molecule has 5 nitrogen and oxygen atoms in total. The lowest BCUT2D eigenvalue weighted by Gasteiger charge is -2.02. The van der Waals surface area contributed by atoms with Crippen LogP contribution in [0.2, 0.25) is 0 Å². The maximum Gasteiger partial charge on any atom is 0.376 e. The summed E-state index contributed by atoms with van der Waals surface area (Å²) in [5, 5.41) is 0. The van der Waals surface area contributed by atoms with Crippen molar-refractivity contribution in [2.24, 2.45) is 0 Å². The second kappa shape index (κ2) is 5.94. The summed E-state index contributed by atoms with van der Waals surface area (Å²) in [6.45, 7) is 7.97. The van der Waals surface area contributed by atoms with E-state index < -0.39 is 5.97 Å². The largest absolute Gasteiger partial charge is 0.469 e. The smallest absolute Gasteiger partial charge is 0.376 e. The lowest BCUT2D eigenvalue weighted by molar-refractivity contribution is 0.0488. The van der Waals surface area contributed by atoms with Crippen LogP contribution in [0.1, 0.15) is 55.6 Å². The standard InChI is InChI=1S/C15H19NO4/c1-5-11-10(7-8-19-11)14-16-12(9(3)4)13(20-14)15(17)18-6-2/h7-9H,5-6H2,1-4H3. The van der Waals surface area contributed by atoms with Gasteiger partial charge in [-0.25, -0.2) is 9.78 Å². The highest BCUT2D eigenvalue weighted by atomic mass is 16.5. The molecule has 0 spiro atoms. The Hall–Kier alpha value is -2.04. The number of furan rings is 1. The van der Waals surface area contributed by atoms with E-state index in [1.807, 2.05) is 20.8 Å². The Morgan fingerprint density at radius 3 is 2.75 bits per heavy atom. The quantitative estimate of drug-likeness (QED) is 0.778. The van der Waals surface area contributed by atoms with Gasteiger partial charge >= 0.3 is 5.97 Å². The highest BCUT2D eigenvalue weighted by Gasteiger charge is 2.25. The molecule has 2 aromatic heterocycles. The molecule has 2 heterocycles. The van der Waals surface area contributed by atoms with E-state index in [-0.39, 0.29) is 11.7 Å². The summed E-state index contributed by atoms with van der Waals surface area (Å²) in [7, 11) is 0. The fourth-order valence-electron chi connectivity index (χ4n) is 1.99. The first-order chi connectivity index (χ1) is 9.58. The van der Waals surface area contributed by atoms with E-state index in [0.29, 0.717) is 18.2 Å². The maximum atomic E-state index is 11.9. The van der Waals surface area contributed by atoms with Crippen molar-refractivity contribution in [2.75, 3.05) is 6.61 Å². The van der Waals surface area contributed by atoms with Gasteiger partial charge in [0.25, 0.3) is 0 Å². The first-order valence-electron chi connectivity index (χ1n) is 6.83. The van der Waals surface area contributed by atoms with Crippen LogP contribution in [0.4, 0.5) is 0 Å². The molecule has 2 rings (SSSR count). The highest BCUT2D eigenvalue weighted by Crippen LogP contribution is 2.30. The fourth-order valence-corrected chi connectivity index (χ4v) is 1.99. The molecule has 0 aliphatic carbocycles. The second-order valence-corrected chi connectivity index (χ2v) is 4.72. The van der Waals surface area contributed by atoms with Gasteiger partial charge in [-0.15, -0.1) is 0 Å². The summed E-state index contributed by atoms with van der Waals surface area (Å²) >= 11 is 0. The van der Waals surface area contributed by atoms with Crippen LogP contribution in [-0.2, 0) is 11.2 Å². The molecule has 0 unspecified atom stereocenters. The average Bonchev–Trinajstić information content (AvgIpc) is 3.04. The van der Waals surface area contributed by atoms with Crippen molar-refractivity contribution in [3.8, 4) is 11.5 Å². The normalized spacial score (nSPS) is 11.1. The van der Waals surface area contributed by atoms with Gasteiger partial charge in [-0.3, -0.25) is 0 Å². The molecule has 0 saturated carbocycles. The Labute approximate surface area is 117 Å². The van der Waals surface area contributed by atoms with Gasteiger partial charge in [-0.1, -0.05) is 20.8 Å². The molecule has 0 saturated heterocycles. The number of hydrogen-bond donors (Lipinski definition) is 0. The topological polar surface area (TPSA) is 65.5 Å². The molecule has 2 aromatic rings. The number of carbonyl (C=O) groups excluding carboxylic acids is 1. The van der Waals surface area contributed by atoms with E-state index >= 15 is 0 Å². The Bertz CT molecular complexity index is 595. The third kappa shape index (κ3) is 2.61. The van der Waals surface area contributed by atoms with Crippen molar-refractivity contribution < 1.29 is 18.4 Å². The first kappa shape index (κ1) is 14.4. The lowest BCUT2D eigenvalue weighted by atomic mass is 10.1. The van der Waals surface area contributed by atoms with E-state index in [1.54, 1.807) is 19.3 Å². The van der Waals surface area contributed by atoms with Gasteiger partial charge in [-0.2, -0.15) is 0 Å². The average molecular weight is 277 g/mol. The summed E-state index contributed by atoms with van der Waals surface area (Å²) in [5.41, 5.74) is 1.40. The molecule has 0 fully saturated rings. The van der Waals surface area contributed by atoms with Gasteiger partial charge in [0.1, 0.15) is 5.76 Å². The molecule has 0 N–H and O–H groups in total. The minimum absolute atomic E-state index is 0.0730. The van der Waals surface area contributed by atoms with Gasteiger partial charge in [0, 0.05) is 6.42 Å². The maximum absolute atomic E-state index is 11.9. The van der Waals surface area contributed by atoms with Crippen LogP contribution >= 0.6 is 0 Å². The Morgan fingerprint density at radius 2 is 2.15 bits per heavy atom. The molecule has 20 heavy (non-hydrogen) atoms. The first-order valence-corrected chi connectivity index (χ1v) is 6.83. The molecule has 0 aromatic carbocycles. The summed E-state index contributed by atoms with van der Waals surface area (Å²) in [4.78, 5) is 16.4. The number of esters is 1. The molecule has 0 bridgehead atoms. The fraction of sp³-hybridized carbons (Fsp3) is 0.467. The zero-order valence-electron chi connectivity index (χ0n) is 12.2. The van der Waals surface area contributed by atoms with E-state index in [0.717, 1.165) is 17.7 Å². The van der Waals surface area contributed by atoms with E-state index in [9.17, 15) is 4.79 Å². The predicted molar refractivity (Wildman–Crippen MR) is 73.6 cm³/mol. The van der Waals surface area contributed by atoms with Crippen LogP contribution in [0.15, 0.2) is 21.2 Å². The molecule has 0 aliphatic rings. The Morgan fingerprint density at radius 1 is 1.40 bits per heavy atom. The van der Waals surface area contributed by atoms with E-state index in [1.165, 1.54) is 0 Å². The summed E-state index contributed by atoms with van der Waals surface area (Å²) in [5.74, 6) is 0.972. The number of nitrogens with zero attached hydrogens (tertiary/aromatic N) is 1. The number of carbonyl (C=O) groups is 1. The van der Waals surface area contributed by atoms with Crippen molar-refractivity contribution in [3.05, 3.63) is 29.5 Å². The third-order valence-corrected chi connectivity index (χ3v) is 2.96. The van der Waals surface area contributed by atoms with Crippen molar-refractivity contribution in [1.82, 2.24) is 4.98 Å². The summed E-state index contributed by atoms with van der Waals surface area (Å²) in [6, 6.07) is 1.80. The highest BCUT2D eigenvalue weighted by molar-refractivity contribution is 5.88. The van der Waals surface area contributed by atoms with Crippen LogP contribution in [-0.4, -0.2) is 17.6 Å². The monoisotopic (exact) mass is 277 g/mol. The number of aromatic nitrogens is 1. The zero-order chi connectivity index (χ0) is 14.7. The van der Waals surface area contributed by atoms with Crippen molar-refractivity contribution in [3.63, 3.8) is 0 Å². The zero-order valence-corrected chi connectivity index (χ0v) is 12.2. The van der Waals surface area contributed by atoms with Gasteiger partial charge in [-0.05, 0) is 18.9 Å². The summed E-state index contributed by atoms with van der Waals surface area (Å²) in [6.07, 6.45) is 2.33. The molecule has 0 amide bonds. The van der Waals surface area contributed by atoms with Gasteiger partial charge in [0.2, 0.25) is 11.7 Å². The predicted octanol–water partition coefficient (Wildman–Crippen LogP) is 3.80. The van der Waals surface area contributed by atoms with E-state index in [2.05, 4.69) is 4.98 Å². The number of ether oxygens (including phenoxy) is 1. The van der Waals surface area contributed by atoms with Crippen molar-refractivity contribution >= 4 is 5.97 Å². The van der Waals surface area contributed by atoms with Crippen LogP contribution < -0.4 is 0 Å². The SMILES string of the molecule is CCOC(=O)c1oc(-c2ccoc2CC)nc1C(C)C. The number of hydrogen-bond acceptors (Lipinski definition) is 5. The molecule has 0 radical (unpaired) electrons. The third-order valence-electron chi connectivity index (χ3n) is 2.96. The Kier molecular flexibility index (Phi) is 4.27. The molecule has 5 heteroatoms. The molecule has 0 aliphatic heterocycles. The van der Waals surface area contributed by atoms with Gasteiger partial charge in [0.05, 0.1) is 24.1 Å². The van der Waals surface area contributed by atoms with Crippen molar-refractivity contribution in [2.45, 2.75) is 40.0 Å². The van der Waals surface area contributed by atoms with Crippen molar-refractivity contribution in [1.29, 1.82) is 0 Å². The van der Waals surface area contributed by atoms with Gasteiger partial charge in [0.15, 0.2) is 0 Å². The molecular formula is C15H19NO4. The van der Waals surface area contributed by atoms with Crippen LogP contribution in [0.3, 0.4) is 0 Å². The van der Waals surface area contributed by atoms with Crippen LogP contribution in [0, 0.1) is 0 Å². The molecular weight excluding hydrogens is 258 g/mol. The lowest BCUT2D eigenvalue weighted by Crippen LogP contribution is -2.07. The summed E-state index contributed by atoms with van der Waals surface area (Å²) < 4.78 is 16.0. The van der Waals surface area contributed by atoms with Gasteiger partial charge < -0.3 is 13.6 Å². The van der Waals surface area contributed by atoms with Crippen LogP contribution in [0.25, 0.3) is 11.5 Å². The minimum atomic E-state index is -0.475. The minimum Gasteiger partial charge on any atom is -0.469 e. The Balaban J connectivity index is 2.46.